The van der Waals surface area contributed by atoms with E-state index in [1.54, 1.807) is 6.92 Å². The summed E-state index contributed by atoms with van der Waals surface area (Å²) in [4.78, 5) is 15.0. The van der Waals surface area contributed by atoms with E-state index in [9.17, 15) is 4.79 Å². The number of aromatic nitrogens is 1. The van der Waals surface area contributed by atoms with Crippen LogP contribution in [0, 0.1) is 6.92 Å². The number of nitrogens with one attached hydrogen (secondary N) is 1. The Kier molecular flexibility index (Phi) is 3.49. The number of anilines is 1. The molecule has 0 aliphatic heterocycles. The largest absolute Gasteiger partial charge is 0.320 e. The maximum Gasteiger partial charge on any atom is 0.266 e. The van der Waals surface area contributed by atoms with Gasteiger partial charge >= 0.3 is 0 Å². The molecule has 1 aromatic rings. The number of nitrogens with zero attached hydrogens (tertiary/aromatic N) is 1. The molecule has 0 aliphatic carbocycles. The summed E-state index contributed by atoms with van der Waals surface area (Å²) in [7, 11) is 0. The van der Waals surface area contributed by atoms with E-state index in [0.717, 1.165) is 5.56 Å². The van der Waals surface area contributed by atoms with Crippen LogP contribution < -0.4 is 5.32 Å². The summed E-state index contributed by atoms with van der Waals surface area (Å²) < 4.78 is 0. The second-order valence-electron chi connectivity index (χ2n) is 2.65. The van der Waals surface area contributed by atoms with Gasteiger partial charge in [-0.05, 0) is 12.5 Å². The second-order valence-corrected chi connectivity index (χ2v) is 3.52. The molecule has 3 nitrogen and oxygen atoms in total. The van der Waals surface area contributed by atoms with Gasteiger partial charge in [0.1, 0.15) is 0 Å². The molecule has 1 N–H and O–H groups in total. The molecule has 1 rings (SSSR count). The molecule has 1 aromatic heterocycles. The van der Waals surface area contributed by atoms with Crippen LogP contribution in [0.2, 0.25) is 5.02 Å². The van der Waals surface area contributed by atoms with Crippen molar-refractivity contribution in [2.75, 3.05) is 5.32 Å². The third-order valence-corrected chi connectivity index (χ3v) is 2.20. The van der Waals surface area contributed by atoms with Gasteiger partial charge < -0.3 is 5.32 Å². The van der Waals surface area contributed by atoms with E-state index in [1.807, 2.05) is 0 Å². The predicted molar refractivity (Wildman–Crippen MR) is 57.6 cm³/mol. The molecule has 74 valence electrons. The fraction of sp³-hybridized carbons (Fsp3) is 0.111. The Labute approximate surface area is 91.7 Å². The zero-order valence-electron chi connectivity index (χ0n) is 7.47. The first-order chi connectivity index (χ1) is 6.52. The number of pyridine rings is 1. The lowest BCUT2D eigenvalue weighted by Crippen LogP contribution is -2.12. The lowest BCUT2D eigenvalue weighted by atomic mass is 10.2. The van der Waals surface area contributed by atoms with Gasteiger partial charge in [-0.15, -0.1) is 0 Å². The summed E-state index contributed by atoms with van der Waals surface area (Å²) in [5.74, 6) is -0.459. The van der Waals surface area contributed by atoms with E-state index in [-0.39, 0.29) is 5.03 Å². The molecule has 0 fully saturated rings. The number of hydrogen-bond donors (Lipinski definition) is 1. The van der Waals surface area contributed by atoms with Gasteiger partial charge in [-0.2, -0.15) is 0 Å². The van der Waals surface area contributed by atoms with Crippen molar-refractivity contribution in [1.82, 2.24) is 4.98 Å². The molecule has 0 bridgehead atoms. The number of carbonyl (C=O) groups is 1. The Hall–Kier alpha value is -1.06. The number of amides is 1. The van der Waals surface area contributed by atoms with Crippen LogP contribution in [0.4, 0.5) is 5.69 Å². The Morgan fingerprint density at radius 2 is 2.21 bits per heavy atom. The van der Waals surface area contributed by atoms with Gasteiger partial charge in [-0.1, -0.05) is 29.8 Å². The molecule has 1 heterocycles. The van der Waals surface area contributed by atoms with Crippen LogP contribution in [0.3, 0.4) is 0 Å². The van der Waals surface area contributed by atoms with Crippen LogP contribution in [0.1, 0.15) is 5.56 Å². The molecule has 1 amide bonds. The standard InChI is InChI=1S/C9H8Cl2N2O/c1-5-7(11)3-12-4-8(5)13-9(14)6(2)10/h3-4H,2H2,1H3,(H,13,14). The summed E-state index contributed by atoms with van der Waals surface area (Å²) in [6, 6.07) is 0. The maximum atomic E-state index is 11.2. The van der Waals surface area contributed by atoms with Crippen molar-refractivity contribution in [3.8, 4) is 0 Å². The summed E-state index contributed by atoms with van der Waals surface area (Å²) >= 11 is 11.2. The van der Waals surface area contributed by atoms with Crippen molar-refractivity contribution in [2.24, 2.45) is 0 Å². The van der Waals surface area contributed by atoms with Gasteiger partial charge in [-0.3, -0.25) is 9.78 Å². The highest BCUT2D eigenvalue weighted by Gasteiger charge is 2.08. The molecule has 0 saturated heterocycles. The second kappa shape index (κ2) is 4.44. The molecule has 0 aromatic carbocycles. The van der Waals surface area contributed by atoms with E-state index >= 15 is 0 Å². The Morgan fingerprint density at radius 3 is 2.79 bits per heavy atom. The van der Waals surface area contributed by atoms with Crippen LogP contribution in [-0.2, 0) is 4.79 Å². The third kappa shape index (κ3) is 2.47. The summed E-state index contributed by atoms with van der Waals surface area (Å²) in [5, 5.41) is 2.94. The third-order valence-electron chi connectivity index (χ3n) is 1.65. The normalized spacial score (nSPS) is 9.64. The average molecular weight is 231 g/mol. The molecule has 0 atom stereocenters. The van der Waals surface area contributed by atoms with Crippen molar-refractivity contribution in [3.63, 3.8) is 0 Å². The number of rotatable bonds is 2. The van der Waals surface area contributed by atoms with Crippen LogP contribution in [-0.4, -0.2) is 10.9 Å². The first-order valence-electron chi connectivity index (χ1n) is 3.78. The highest BCUT2D eigenvalue weighted by atomic mass is 35.5. The molecule has 0 unspecified atom stereocenters. The zero-order chi connectivity index (χ0) is 10.7. The van der Waals surface area contributed by atoms with Crippen molar-refractivity contribution >= 4 is 34.8 Å². The monoisotopic (exact) mass is 230 g/mol. The minimum Gasteiger partial charge on any atom is -0.320 e. The first kappa shape index (κ1) is 11.0. The Balaban J connectivity index is 2.93. The Morgan fingerprint density at radius 1 is 1.57 bits per heavy atom. The lowest BCUT2D eigenvalue weighted by molar-refractivity contribution is -0.112. The van der Waals surface area contributed by atoms with Gasteiger partial charge in [0.2, 0.25) is 0 Å². The highest BCUT2D eigenvalue weighted by molar-refractivity contribution is 6.43. The smallest absolute Gasteiger partial charge is 0.266 e. The van der Waals surface area contributed by atoms with Crippen molar-refractivity contribution in [1.29, 1.82) is 0 Å². The van der Waals surface area contributed by atoms with Crippen LogP contribution in [0.15, 0.2) is 24.0 Å². The minimum absolute atomic E-state index is 0.0793. The molecule has 0 saturated carbocycles. The minimum atomic E-state index is -0.459. The predicted octanol–water partition coefficient (Wildman–Crippen LogP) is 2.73. The van der Waals surface area contributed by atoms with Crippen molar-refractivity contribution in [2.45, 2.75) is 6.92 Å². The topological polar surface area (TPSA) is 42.0 Å². The number of hydrogen-bond acceptors (Lipinski definition) is 2. The van der Waals surface area contributed by atoms with Gasteiger partial charge in [0.05, 0.1) is 21.9 Å². The maximum absolute atomic E-state index is 11.2. The Bertz CT molecular complexity index is 390. The number of halogens is 2. The first-order valence-corrected chi connectivity index (χ1v) is 4.54. The van der Waals surface area contributed by atoms with E-state index in [4.69, 9.17) is 23.2 Å². The van der Waals surface area contributed by atoms with E-state index in [1.165, 1.54) is 12.4 Å². The molecule has 5 heteroatoms. The van der Waals surface area contributed by atoms with Gasteiger partial charge in [-0.25, -0.2) is 0 Å². The fourth-order valence-electron chi connectivity index (χ4n) is 0.816. The lowest BCUT2D eigenvalue weighted by Gasteiger charge is -2.07. The summed E-state index contributed by atoms with van der Waals surface area (Å²) in [6.45, 7) is 5.08. The summed E-state index contributed by atoms with van der Waals surface area (Å²) in [6.07, 6.45) is 3.00. The van der Waals surface area contributed by atoms with Crippen molar-refractivity contribution in [3.05, 3.63) is 34.6 Å². The highest BCUT2D eigenvalue weighted by Crippen LogP contribution is 2.21. The van der Waals surface area contributed by atoms with Gasteiger partial charge in [0.15, 0.2) is 0 Å². The quantitative estimate of drug-likeness (QED) is 0.795. The van der Waals surface area contributed by atoms with E-state index < -0.39 is 5.91 Å². The van der Waals surface area contributed by atoms with Crippen LogP contribution >= 0.6 is 23.2 Å². The van der Waals surface area contributed by atoms with Crippen LogP contribution in [0.5, 0.6) is 0 Å². The molecule has 0 aliphatic rings. The SMILES string of the molecule is C=C(Cl)C(=O)Nc1cncc(Cl)c1C. The average Bonchev–Trinajstić information content (AvgIpc) is 2.12. The van der Waals surface area contributed by atoms with Gasteiger partial charge in [0.25, 0.3) is 5.91 Å². The zero-order valence-corrected chi connectivity index (χ0v) is 8.99. The summed E-state index contributed by atoms with van der Waals surface area (Å²) in [5.41, 5.74) is 1.28. The molecule has 0 radical (unpaired) electrons. The molecular formula is C9H8Cl2N2O. The fourth-order valence-corrected chi connectivity index (χ4v) is 1.02. The van der Waals surface area contributed by atoms with Gasteiger partial charge in [0, 0.05) is 6.20 Å². The molecular weight excluding hydrogens is 223 g/mol. The van der Waals surface area contributed by atoms with E-state index in [0.29, 0.717) is 10.7 Å². The molecule has 0 spiro atoms. The van der Waals surface area contributed by atoms with Crippen LogP contribution in [0.25, 0.3) is 0 Å². The van der Waals surface area contributed by atoms with Crippen molar-refractivity contribution < 1.29 is 4.79 Å². The number of carbonyl (C=O) groups excluding carboxylic acids is 1. The van der Waals surface area contributed by atoms with E-state index in [2.05, 4.69) is 16.9 Å². The molecule has 14 heavy (non-hydrogen) atoms.